The molecule has 0 radical (unpaired) electrons. The van der Waals surface area contributed by atoms with E-state index < -0.39 is 0 Å². The molecule has 186 valence electrons. The highest BCUT2D eigenvalue weighted by Gasteiger charge is 2.45. The summed E-state index contributed by atoms with van der Waals surface area (Å²) >= 11 is 0. The number of fused-ring (bicyclic) bond motifs is 1. The van der Waals surface area contributed by atoms with E-state index in [0.29, 0.717) is 11.6 Å². The molecule has 2 amide bonds. The molecular formula is C30H40N4O. The number of nitrogens with zero attached hydrogens (tertiary/aromatic N) is 3. The number of nitrogens with two attached hydrogens (primary N) is 1. The van der Waals surface area contributed by atoms with Gasteiger partial charge in [0, 0.05) is 17.2 Å². The van der Waals surface area contributed by atoms with Gasteiger partial charge in [-0.05, 0) is 67.2 Å². The average molecular weight is 473 g/mol. The Hall–Kier alpha value is -2.82. The number of hydrogen-bond acceptors (Lipinski definition) is 3. The first kappa shape index (κ1) is 23.9. The molecule has 2 N–H and O–H groups in total. The first-order valence-electron chi connectivity index (χ1n) is 13.3. The summed E-state index contributed by atoms with van der Waals surface area (Å²) in [6.45, 7) is 9.33. The molecular weight excluding hydrogens is 432 g/mol. The number of amides is 2. The summed E-state index contributed by atoms with van der Waals surface area (Å²) in [6.07, 6.45) is 9.05. The van der Waals surface area contributed by atoms with Gasteiger partial charge in [-0.1, -0.05) is 71.2 Å². The minimum Gasteiger partial charge on any atom is -0.399 e. The quantitative estimate of drug-likeness (QED) is 0.465. The zero-order valence-electron chi connectivity index (χ0n) is 21.8. The van der Waals surface area contributed by atoms with Crippen LogP contribution in [0.25, 0.3) is 0 Å². The van der Waals surface area contributed by atoms with Crippen molar-refractivity contribution in [2.45, 2.75) is 85.1 Å². The van der Waals surface area contributed by atoms with Crippen LogP contribution in [-0.2, 0) is 0 Å². The summed E-state index contributed by atoms with van der Waals surface area (Å²) in [5.74, 6) is 0.380. The summed E-state index contributed by atoms with van der Waals surface area (Å²) in [6, 6.07) is 15.9. The van der Waals surface area contributed by atoms with E-state index in [1.165, 1.54) is 19.3 Å². The number of hydrogen-bond donors (Lipinski definition) is 1. The smallest absolute Gasteiger partial charge is 0.349 e. The molecule has 5 nitrogen and oxygen atoms in total. The zero-order valence-corrected chi connectivity index (χ0v) is 21.8. The molecule has 1 aliphatic heterocycles. The summed E-state index contributed by atoms with van der Waals surface area (Å²) in [5, 5.41) is 7.16. The monoisotopic (exact) mass is 472 g/mol. The Bertz CT molecular complexity index is 1110. The fraction of sp³-hybridized carbons (Fsp3) is 0.533. The number of benzene rings is 2. The third-order valence-corrected chi connectivity index (χ3v) is 8.02. The number of para-hydroxylation sites is 1. The van der Waals surface area contributed by atoms with Gasteiger partial charge in [-0.15, -0.1) is 0 Å². The van der Waals surface area contributed by atoms with Gasteiger partial charge in [0.2, 0.25) is 0 Å². The summed E-state index contributed by atoms with van der Waals surface area (Å²) in [4.78, 5) is 16.3. The van der Waals surface area contributed by atoms with Crippen molar-refractivity contribution < 1.29 is 4.79 Å². The predicted molar refractivity (Wildman–Crippen MR) is 145 cm³/mol. The molecule has 0 saturated heterocycles. The van der Waals surface area contributed by atoms with Gasteiger partial charge in [0.15, 0.2) is 0 Å². The summed E-state index contributed by atoms with van der Waals surface area (Å²) in [7, 11) is 0. The van der Waals surface area contributed by atoms with Crippen LogP contribution in [0, 0.1) is 16.7 Å². The Morgan fingerprint density at radius 3 is 2.29 bits per heavy atom. The molecule has 0 aromatic heterocycles. The maximum atomic E-state index is 14.5. The van der Waals surface area contributed by atoms with Crippen molar-refractivity contribution in [2.24, 2.45) is 21.8 Å². The molecule has 2 aromatic rings. The minimum absolute atomic E-state index is 0.0534. The molecule has 3 aliphatic rings. The van der Waals surface area contributed by atoms with E-state index in [1.54, 1.807) is 0 Å². The third-order valence-electron chi connectivity index (χ3n) is 8.02. The van der Waals surface area contributed by atoms with Gasteiger partial charge in [-0.25, -0.2) is 9.80 Å². The predicted octanol–water partition coefficient (Wildman–Crippen LogP) is 7.73. The van der Waals surface area contributed by atoms with Crippen molar-refractivity contribution in [1.82, 2.24) is 5.01 Å². The highest BCUT2D eigenvalue weighted by Crippen LogP contribution is 2.48. The van der Waals surface area contributed by atoms with Crippen LogP contribution in [0.3, 0.4) is 0 Å². The van der Waals surface area contributed by atoms with E-state index >= 15 is 0 Å². The van der Waals surface area contributed by atoms with Gasteiger partial charge in [0.1, 0.15) is 0 Å². The Morgan fingerprint density at radius 1 is 0.914 bits per heavy atom. The number of nitrogen functional groups attached to an aromatic ring is 1. The van der Waals surface area contributed by atoms with Crippen molar-refractivity contribution in [3.63, 3.8) is 0 Å². The van der Waals surface area contributed by atoms with Crippen molar-refractivity contribution in [3.05, 3.63) is 54.1 Å². The van der Waals surface area contributed by atoms with E-state index in [2.05, 4.69) is 45.9 Å². The molecule has 0 unspecified atom stereocenters. The zero-order chi connectivity index (χ0) is 24.8. The minimum atomic E-state index is -0.0765. The molecule has 1 heterocycles. The first-order chi connectivity index (χ1) is 16.6. The van der Waals surface area contributed by atoms with Crippen LogP contribution in [0.15, 0.2) is 53.6 Å². The Labute approximate surface area is 210 Å². The molecule has 2 aliphatic carbocycles. The number of carbonyl (C=O) groups is 1. The van der Waals surface area contributed by atoms with Crippen LogP contribution in [0.2, 0.25) is 0 Å². The van der Waals surface area contributed by atoms with Gasteiger partial charge < -0.3 is 5.73 Å². The number of carbonyl (C=O) groups excluding carboxylic acids is 1. The average Bonchev–Trinajstić information content (AvgIpc) is 2.92. The molecule has 2 saturated carbocycles. The second kappa shape index (κ2) is 9.00. The number of hydrazone groups is 1. The normalized spacial score (nSPS) is 23.0. The highest BCUT2D eigenvalue weighted by molar-refractivity contribution is 6.14. The van der Waals surface area contributed by atoms with Crippen molar-refractivity contribution >= 4 is 28.8 Å². The molecule has 0 spiro atoms. The molecule has 5 heteroatoms. The molecule has 5 rings (SSSR count). The van der Waals surface area contributed by atoms with Gasteiger partial charge in [-0.2, -0.15) is 5.10 Å². The van der Waals surface area contributed by atoms with E-state index in [1.807, 2.05) is 40.2 Å². The fourth-order valence-corrected chi connectivity index (χ4v) is 7.09. The van der Waals surface area contributed by atoms with E-state index in [0.717, 1.165) is 54.8 Å². The Kier molecular flexibility index (Phi) is 6.14. The van der Waals surface area contributed by atoms with Crippen LogP contribution in [0.5, 0.6) is 0 Å². The lowest BCUT2D eigenvalue weighted by molar-refractivity contribution is 0.0423. The second-order valence-electron chi connectivity index (χ2n) is 12.5. The van der Waals surface area contributed by atoms with Crippen molar-refractivity contribution in [2.75, 3.05) is 10.6 Å². The summed E-state index contributed by atoms with van der Waals surface area (Å²) in [5.41, 5.74) is 11.0. The topological polar surface area (TPSA) is 61.9 Å². The van der Waals surface area contributed by atoms with Crippen LogP contribution in [0.1, 0.15) is 84.6 Å². The van der Waals surface area contributed by atoms with E-state index in [4.69, 9.17) is 10.8 Å². The molecule has 0 atom stereocenters. The van der Waals surface area contributed by atoms with Gasteiger partial charge >= 0.3 is 6.03 Å². The fourth-order valence-electron chi connectivity index (χ4n) is 7.09. The Morgan fingerprint density at radius 2 is 1.60 bits per heavy atom. The van der Waals surface area contributed by atoms with Gasteiger partial charge in [0.25, 0.3) is 0 Å². The maximum absolute atomic E-state index is 14.5. The standard InChI is InChI=1S/C30H40N4O/c1-29(2)18-24(19-30(3,4)20-29)34-28(35)33(23-14-10-13-22(31)17-23)26-16-9-8-15-25(26)27(32-34)21-11-6-5-7-12-21/h8-10,13-17,21,24H,5-7,11-12,18-20,31H2,1-4H3. The van der Waals surface area contributed by atoms with Crippen LogP contribution in [-0.4, -0.2) is 22.8 Å². The van der Waals surface area contributed by atoms with Crippen LogP contribution < -0.4 is 10.6 Å². The van der Waals surface area contributed by atoms with Gasteiger partial charge in [0.05, 0.1) is 23.1 Å². The molecule has 2 fully saturated rings. The van der Waals surface area contributed by atoms with E-state index in [-0.39, 0.29) is 22.9 Å². The Balaban J connectivity index is 1.68. The third kappa shape index (κ3) is 4.82. The lowest BCUT2D eigenvalue weighted by Gasteiger charge is -2.47. The second-order valence-corrected chi connectivity index (χ2v) is 12.5. The van der Waals surface area contributed by atoms with Crippen molar-refractivity contribution in [1.29, 1.82) is 0 Å². The maximum Gasteiger partial charge on any atom is 0.349 e. The SMILES string of the molecule is CC1(C)CC(N2N=C(C3CCCCC3)c3ccccc3N(c3cccc(N)c3)C2=O)CC(C)(C)C1. The van der Waals surface area contributed by atoms with Crippen LogP contribution in [0.4, 0.5) is 21.9 Å². The largest absolute Gasteiger partial charge is 0.399 e. The highest BCUT2D eigenvalue weighted by atomic mass is 16.2. The lowest BCUT2D eigenvalue weighted by atomic mass is 9.63. The molecule has 0 bridgehead atoms. The van der Waals surface area contributed by atoms with Crippen molar-refractivity contribution in [3.8, 4) is 0 Å². The van der Waals surface area contributed by atoms with Crippen LogP contribution >= 0.6 is 0 Å². The van der Waals surface area contributed by atoms with Gasteiger partial charge in [-0.3, -0.25) is 4.90 Å². The van der Waals surface area contributed by atoms with E-state index in [9.17, 15) is 4.79 Å². The number of rotatable bonds is 3. The molecule has 2 aromatic carbocycles. The molecule has 35 heavy (non-hydrogen) atoms. The first-order valence-corrected chi connectivity index (χ1v) is 13.3. The lowest BCUT2D eigenvalue weighted by Crippen LogP contribution is -2.49. The summed E-state index contributed by atoms with van der Waals surface area (Å²) < 4.78 is 0. The number of anilines is 3. The number of urea groups is 1.